The molecule has 0 bridgehead atoms. The summed E-state index contributed by atoms with van der Waals surface area (Å²) < 4.78 is 1.96. The maximum absolute atomic E-state index is 14.1. The number of fused-ring (bicyclic) bond motifs is 1. The quantitative estimate of drug-likeness (QED) is 0.179. The van der Waals surface area contributed by atoms with Crippen LogP contribution < -0.4 is 10.6 Å². The van der Waals surface area contributed by atoms with Crippen LogP contribution in [0.25, 0.3) is 5.69 Å². The van der Waals surface area contributed by atoms with E-state index in [1.807, 2.05) is 115 Å². The molecule has 1 unspecified atom stereocenters. The molecule has 1 aromatic heterocycles. The molecular formula is C38H33ClN4O2S. The van der Waals surface area contributed by atoms with Gasteiger partial charge in [0.2, 0.25) is 0 Å². The Morgan fingerprint density at radius 3 is 2.30 bits per heavy atom. The molecule has 0 spiro atoms. The Hall–Kier alpha value is -4.59. The number of hydrogen-bond acceptors (Lipinski definition) is 6. The van der Waals surface area contributed by atoms with E-state index in [2.05, 4.69) is 24.5 Å². The van der Waals surface area contributed by atoms with Gasteiger partial charge in [0.1, 0.15) is 5.03 Å². The van der Waals surface area contributed by atoms with Crippen LogP contribution in [0, 0.1) is 12.3 Å². The third-order valence-corrected chi connectivity index (χ3v) is 9.84. The molecule has 0 saturated heterocycles. The van der Waals surface area contributed by atoms with Crippen molar-refractivity contribution in [1.29, 1.82) is 0 Å². The van der Waals surface area contributed by atoms with E-state index < -0.39 is 6.04 Å². The van der Waals surface area contributed by atoms with Crippen LogP contribution in [-0.2, 0) is 4.79 Å². The van der Waals surface area contributed by atoms with Gasteiger partial charge in [0.25, 0.3) is 0 Å². The lowest BCUT2D eigenvalue weighted by atomic mass is 9.73. The summed E-state index contributed by atoms with van der Waals surface area (Å²) in [4.78, 5) is 28.7. The number of carbonyl (C=O) groups is 2. The fraction of sp³-hybridized carbons (Fsp3) is 0.184. The minimum atomic E-state index is -0.512. The Morgan fingerprint density at radius 1 is 0.891 bits per heavy atom. The first-order valence-electron chi connectivity index (χ1n) is 15.3. The largest absolute Gasteiger partial charge is 0.372 e. The summed E-state index contributed by atoms with van der Waals surface area (Å²) in [5.74, 6) is 0.0342. The van der Waals surface area contributed by atoms with E-state index in [0.29, 0.717) is 34.6 Å². The van der Waals surface area contributed by atoms with E-state index in [1.54, 1.807) is 11.8 Å². The summed E-state index contributed by atoms with van der Waals surface area (Å²) in [5, 5.41) is 14.0. The van der Waals surface area contributed by atoms with Gasteiger partial charge in [0, 0.05) is 44.3 Å². The second-order valence-electron chi connectivity index (χ2n) is 12.6. The van der Waals surface area contributed by atoms with Gasteiger partial charge >= 0.3 is 0 Å². The number of benzene rings is 4. The SMILES string of the molecule is Cc1nn(-c2ccccc2)c(Sc2ccc(Cl)cc2)c1C1Nc2cc(C(=O)c3ccccc3)ccc2NC2=C1C(=O)CC(C)(C)C2. The summed E-state index contributed by atoms with van der Waals surface area (Å²) in [6, 6.07) is 32.2. The van der Waals surface area contributed by atoms with Gasteiger partial charge in [-0.2, -0.15) is 5.10 Å². The molecule has 0 saturated carbocycles. The van der Waals surface area contributed by atoms with Gasteiger partial charge < -0.3 is 10.6 Å². The smallest absolute Gasteiger partial charge is 0.193 e. The Bertz CT molecular complexity index is 2000. The Labute approximate surface area is 277 Å². The number of hydrogen-bond donors (Lipinski definition) is 2. The number of para-hydroxylation sites is 1. The standard InChI is InChI=1S/C38H33ClN4O2S/c1-23-33(37(46-28-17-15-26(39)16-18-28)43(42-23)27-12-8-5-9-13-27)35-34-31(21-38(2,3)22-32(34)44)40-29-19-14-25(20-30(29)41-35)36(45)24-10-6-4-7-11-24/h4-20,35,40-41H,21-22H2,1-3H3. The minimum Gasteiger partial charge on any atom is -0.372 e. The van der Waals surface area contributed by atoms with Gasteiger partial charge in [-0.25, -0.2) is 4.68 Å². The highest BCUT2D eigenvalue weighted by Crippen LogP contribution is 2.48. The van der Waals surface area contributed by atoms with Gasteiger partial charge in [-0.05, 0) is 73.4 Å². The molecule has 8 heteroatoms. The molecule has 0 radical (unpaired) electrons. The third kappa shape index (κ3) is 5.77. The number of aryl methyl sites for hydroxylation is 1. The molecule has 1 atom stereocenters. The van der Waals surface area contributed by atoms with E-state index >= 15 is 0 Å². The molecule has 2 N–H and O–H groups in total. The Kier molecular flexibility index (Phi) is 7.83. The monoisotopic (exact) mass is 644 g/mol. The molecule has 1 aliphatic carbocycles. The van der Waals surface area contributed by atoms with Crippen LogP contribution in [0.4, 0.5) is 11.4 Å². The van der Waals surface area contributed by atoms with E-state index in [0.717, 1.165) is 43.9 Å². The topological polar surface area (TPSA) is 76.0 Å². The van der Waals surface area contributed by atoms with E-state index in [-0.39, 0.29) is 17.0 Å². The molecule has 2 aliphatic rings. The van der Waals surface area contributed by atoms with Crippen molar-refractivity contribution in [3.8, 4) is 5.69 Å². The van der Waals surface area contributed by atoms with Crippen LogP contribution in [0.3, 0.4) is 0 Å². The van der Waals surface area contributed by atoms with E-state index in [9.17, 15) is 9.59 Å². The highest BCUT2D eigenvalue weighted by molar-refractivity contribution is 7.99. The second-order valence-corrected chi connectivity index (χ2v) is 14.1. The number of nitrogens with one attached hydrogen (secondary N) is 2. The molecule has 6 nitrogen and oxygen atoms in total. The summed E-state index contributed by atoms with van der Waals surface area (Å²) in [6.07, 6.45) is 1.15. The zero-order valence-electron chi connectivity index (χ0n) is 25.8. The number of ketones is 2. The molecule has 0 amide bonds. The Balaban J connectivity index is 1.41. The van der Waals surface area contributed by atoms with Gasteiger partial charge in [-0.15, -0.1) is 0 Å². The van der Waals surface area contributed by atoms with Gasteiger partial charge in [-0.1, -0.05) is 85.7 Å². The van der Waals surface area contributed by atoms with Crippen molar-refractivity contribution >= 4 is 46.3 Å². The number of aromatic nitrogens is 2. The van der Waals surface area contributed by atoms with Gasteiger partial charge in [0.15, 0.2) is 11.6 Å². The summed E-state index contributed by atoms with van der Waals surface area (Å²) >= 11 is 7.83. The number of nitrogens with zero attached hydrogens (tertiary/aromatic N) is 2. The van der Waals surface area contributed by atoms with Crippen molar-refractivity contribution in [2.75, 3.05) is 10.6 Å². The number of Topliss-reactive ketones (excluding diaryl/α,β-unsaturated/α-hetero) is 1. The number of rotatable bonds is 6. The van der Waals surface area contributed by atoms with Crippen LogP contribution in [0.1, 0.15) is 59.9 Å². The fourth-order valence-electron chi connectivity index (χ4n) is 6.37. The minimum absolute atomic E-state index is 0.0620. The number of anilines is 2. The van der Waals surface area contributed by atoms with Crippen molar-refractivity contribution in [2.45, 2.75) is 49.6 Å². The first-order chi connectivity index (χ1) is 22.2. The van der Waals surface area contributed by atoms with Crippen LogP contribution in [0.2, 0.25) is 5.02 Å². The van der Waals surface area contributed by atoms with Crippen molar-refractivity contribution in [1.82, 2.24) is 9.78 Å². The molecule has 0 fully saturated rings. The second kappa shape index (κ2) is 12.0. The molecule has 2 heterocycles. The van der Waals surface area contributed by atoms with Crippen molar-refractivity contribution in [2.24, 2.45) is 5.41 Å². The molecule has 4 aromatic carbocycles. The highest BCUT2D eigenvalue weighted by atomic mass is 35.5. The van der Waals surface area contributed by atoms with Crippen LogP contribution in [0.5, 0.6) is 0 Å². The first-order valence-corrected chi connectivity index (χ1v) is 16.5. The Morgan fingerprint density at radius 2 is 1.59 bits per heavy atom. The summed E-state index contributed by atoms with van der Waals surface area (Å²) in [6.45, 7) is 6.26. The lowest BCUT2D eigenvalue weighted by Gasteiger charge is -2.34. The van der Waals surface area contributed by atoms with E-state index in [4.69, 9.17) is 16.7 Å². The summed E-state index contributed by atoms with van der Waals surface area (Å²) in [5.41, 5.74) is 6.81. The van der Waals surface area contributed by atoms with Crippen molar-refractivity contribution in [3.63, 3.8) is 0 Å². The molecule has 230 valence electrons. The van der Waals surface area contributed by atoms with E-state index in [1.165, 1.54) is 0 Å². The third-order valence-electron chi connectivity index (χ3n) is 8.49. The molecular weight excluding hydrogens is 612 g/mol. The number of carbonyl (C=O) groups excluding carboxylic acids is 2. The molecule has 1 aliphatic heterocycles. The maximum atomic E-state index is 14.1. The fourth-order valence-corrected chi connectivity index (χ4v) is 7.59. The maximum Gasteiger partial charge on any atom is 0.193 e. The van der Waals surface area contributed by atoms with Crippen LogP contribution in [-0.4, -0.2) is 21.3 Å². The van der Waals surface area contributed by atoms with Crippen LogP contribution in [0.15, 0.2) is 124 Å². The number of halogens is 1. The van der Waals surface area contributed by atoms with Gasteiger partial charge in [0.05, 0.1) is 28.8 Å². The number of allylic oxidation sites excluding steroid dienone is 1. The molecule has 7 rings (SSSR count). The highest BCUT2D eigenvalue weighted by Gasteiger charge is 2.41. The zero-order chi connectivity index (χ0) is 32.0. The average Bonchev–Trinajstić information content (AvgIpc) is 3.27. The predicted molar refractivity (Wildman–Crippen MR) is 185 cm³/mol. The average molecular weight is 645 g/mol. The lowest BCUT2D eigenvalue weighted by molar-refractivity contribution is -0.118. The predicted octanol–water partition coefficient (Wildman–Crippen LogP) is 9.44. The first kappa shape index (κ1) is 30.1. The lowest BCUT2D eigenvalue weighted by Crippen LogP contribution is -2.31. The normalized spacial score (nSPS) is 17.0. The van der Waals surface area contributed by atoms with Crippen molar-refractivity contribution < 1.29 is 9.59 Å². The zero-order valence-corrected chi connectivity index (χ0v) is 27.4. The van der Waals surface area contributed by atoms with Crippen molar-refractivity contribution in [3.05, 3.63) is 142 Å². The molecule has 46 heavy (non-hydrogen) atoms. The van der Waals surface area contributed by atoms with Crippen LogP contribution >= 0.6 is 23.4 Å². The molecule has 5 aromatic rings. The summed E-state index contributed by atoms with van der Waals surface area (Å²) in [7, 11) is 0. The van der Waals surface area contributed by atoms with Gasteiger partial charge in [-0.3, -0.25) is 9.59 Å².